The van der Waals surface area contributed by atoms with Gasteiger partial charge in [0.2, 0.25) is 0 Å². The lowest BCUT2D eigenvalue weighted by Gasteiger charge is -2.13. The first-order valence-electron chi connectivity index (χ1n) is 5.75. The molecular formula is C14H10Cl2FNO2. The van der Waals surface area contributed by atoms with Crippen LogP contribution in [0, 0.1) is 5.82 Å². The number of carboxylic acids is 1. The number of rotatable bonds is 4. The van der Waals surface area contributed by atoms with Crippen LogP contribution in [-0.4, -0.2) is 16.1 Å². The topological polar surface area (TPSA) is 50.2 Å². The molecule has 6 heteroatoms. The Morgan fingerprint density at radius 1 is 1.35 bits per heavy atom. The molecule has 1 unspecified atom stereocenters. The predicted octanol–water partition coefficient (Wildman–Crippen LogP) is 3.94. The first-order valence-corrected chi connectivity index (χ1v) is 6.51. The Bertz CT molecular complexity index is 649. The minimum absolute atomic E-state index is 0.0987. The molecule has 104 valence electrons. The molecule has 0 aliphatic carbocycles. The third kappa shape index (κ3) is 3.46. The molecule has 20 heavy (non-hydrogen) atoms. The van der Waals surface area contributed by atoms with Gasteiger partial charge in [0.25, 0.3) is 0 Å². The SMILES string of the molecule is O=C(O)C(Cc1cccc(F)c1)c1ncc(Cl)cc1Cl. The van der Waals surface area contributed by atoms with E-state index < -0.39 is 17.7 Å². The number of pyridine rings is 1. The summed E-state index contributed by atoms with van der Waals surface area (Å²) < 4.78 is 13.1. The van der Waals surface area contributed by atoms with E-state index in [2.05, 4.69) is 4.98 Å². The van der Waals surface area contributed by atoms with Crippen LogP contribution in [0.1, 0.15) is 17.2 Å². The van der Waals surface area contributed by atoms with E-state index in [1.165, 1.54) is 30.5 Å². The summed E-state index contributed by atoms with van der Waals surface area (Å²) in [7, 11) is 0. The Morgan fingerprint density at radius 3 is 2.70 bits per heavy atom. The lowest BCUT2D eigenvalue weighted by molar-refractivity contribution is -0.138. The standard InChI is InChI=1S/C14H10Cl2FNO2/c15-9-6-12(16)13(18-7-9)11(14(19)20)5-8-2-1-3-10(17)4-8/h1-4,6-7,11H,5H2,(H,19,20). The summed E-state index contributed by atoms with van der Waals surface area (Å²) in [6, 6.07) is 7.21. The Morgan fingerprint density at radius 2 is 2.10 bits per heavy atom. The summed E-state index contributed by atoms with van der Waals surface area (Å²) in [4.78, 5) is 15.4. The van der Waals surface area contributed by atoms with Gasteiger partial charge in [0.1, 0.15) is 11.7 Å². The zero-order valence-corrected chi connectivity index (χ0v) is 11.7. The minimum atomic E-state index is -1.08. The molecule has 0 spiro atoms. The molecular weight excluding hydrogens is 304 g/mol. The normalized spacial score (nSPS) is 12.2. The van der Waals surface area contributed by atoms with Crippen molar-refractivity contribution in [1.82, 2.24) is 4.98 Å². The molecule has 1 aromatic heterocycles. The molecule has 0 aliphatic rings. The Kier molecular flexibility index (Phi) is 4.57. The van der Waals surface area contributed by atoms with Crippen LogP contribution in [0.3, 0.4) is 0 Å². The van der Waals surface area contributed by atoms with Crippen LogP contribution in [0.25, 0.3) is 0 Å². The number of nitrogens with zero attached hydrogens (tertiary/aromatic N) is 1. The van der Waals surface area contributed by atoms with E-state index in [9.17, 15) is 14.3 Å². The average molecular weight is 314 g/mol. The van der Waals surface area contributed by atoms with Gasteiger partial charge >= 0.3 is 5.97 Å². The summed E-state index contributed by atoms with van der Waals surface area (Å²) in [5.74, 6) is -2.45. The van der Waals surface area contributed by atoms with Crippen LogP contribution < -0.4 is 0 Å². The van der Waals surface area contributed by atoms with Crippen molar-refractivity contribution >= 4 is 29.2 Å². The largest absolute Gasteiger partial charge is 0.481 e. The molecule has 0 saturated carbocycles. The van der Waals surface area contributed by atoms with Crippen molar-refractivity contribution in [1.29, 1.82) is 0 Å². The molecule has 0 saturated heterocycles. The summed E-state index contributed by atoms with van der Waals surface area (Å²) in [6.45, 7) is 0. The number of halogens is 3. The number of benzene rings is 1. The van der Waals surface area contributed by atoms with Crippen molar-refractivity contribution in [2.24, 2.45) is 0 Å². The van der Waals surface area contributed by atoms with Gasteiger partial charge in [-0.2, -0.15) is 0 Å². The third-order valence-electron chi connectivity index (χ3n) is 2.79. The summed E-state index contributed by atoms with van der Waals surface area (Å²) in [5, 5.41) is 9.83. The molecule has 3 nitrogen and oxygen atoms in total. The fourth-order valence-electron chi connectivity index (χ4n) is 1.88. The Labute approximate surface area is 125 Å². The maximum Gasteiger partial charge on any atom is 0.312 e. The van der Waals surface area contributed by atoms with Gasteiger partial charge in [-0.1, -0.05) is 35.3 Å². The van der Waals surface area contributed by atoms with Crippen LogP contribution in [0.5, 0.6) is 0 Å². The minimum Gasteiger partial charge on any atom is -0.481 e. The van der Waals surface area contributed by atoms with Crippen molar-refractivity contribution in [2.75, 3.05) is 0 Å². The summed E-state index contributed by atoms with van der Waals surface area (Å²) >= 11 is 11.7. The lowest BCUT2D eigenvalue weighted by atomic mass is 9.95. The predicted molar refractivity (Wildman–Crippen MR) is 74.7 cm³/mol. The van der Waals surface area contributed by atoms with Gasteiger partial charge in [0.05, 0.1) is 15.7 Å². The highest BCUT2D eigenvalue weighted by atomic mass is 35.5. The van der Waals surface area contributed by atoms with Gasteiger partial charge in [-0.25, -0.2) is 4.39 Å². The molecule has 1 N–H and O–H groups in total. The smallest absolute Gasteiger partial charge is 0.312 e. The highest BCUT2D eigenvalue weighted by molar-refractivity contribution is 6.34. The van der Waals surface area contributed by atoms with Crippen molar-refractivity contribution < 1.29 is 14.3 Å². The zero-order valence-electron chi connectivity index (χ0n) is 10.2. The molecule has 1 heterocycles. The van der Waals surface area contributed by atoms with Gasteiger partial charge in [-0.3, -0.25) is 9.78 Å². The van der Waals surface area contributed by atoms with E-state index >= 15 is 0 Å². The second-order valence-electron chi connectivity index (χ2n) is 4.25. The maximum absolute atomic E-state index is 13.1. The van der Waals surface area contributed by atoms with Crippen molar-refractivity contribution in [3.63, 3.8) is 0 Å². The fraction of sp³-hybridized carbons (Fsp3) is 0.143. The highest BCUT2D eigenvalue weighted by Crippen LogP contribution is 2.28. The quantitative estimate of drug-likeness (QED) is 0.930. The van der Waals surface area contributed by atoms with Gasteiger partial charge in [-0.15, -0.1) is 0 Å². The second-order valence-corrected chi connectivity index (χ2v) is 5.09. The second kappa shape index (κ2) is 6.20. The molecule has 0 radical (unpaired) electrons. The van der Waals surface area contributed by atoms with E-state index in [-0.39, 0.29) is 17.1 Å². The van der Waals surface area contributed by atoms with Gasteiger partial charge < -0.3 is 5.11 Å². The van der Waals surface area contributed by atoms with Crippen LogP contribution in [0.15, 0.2) is 36.5 Å². The summed E-state index contributed by atoms with van der Waals surface area (Å²) in [6.07, 6.45) is 1.44. The molecule has 2 rings (SSSR count). The molecule has 1 aromatic carbocycles. The number of carboxylic acid groups (broad SMARTS) is 1. The number of carbonyl (C=O) groups is 1. The van der Waals surface area contributed by atoms with Crippen molar-refractivity contribution in [2.45, 2.75) is 12.3 Å². The molecule has 0 aliphatic heterocycles. The number of hydrogen-bond acceptors (Lipinski definition) is 2. The van der Waals surface area contributed by atoms with Gasteiger partial charge in [0.15, 0.2) is 0 Å². The van der Waals surface area contributed by atoms with Crippen molar-refractivity contribution in [3.8, 4) is 0 Å². The fourth-order valence-corrected chi connectivity index (χ4v) is 2.39. The molecule has 0 fully saturated rings. The maximum atomic E-state index is 13.1. The summed E-state index contributed by atoms with van der Waals surface area (Å²) in [5.41, 5.74) is 0.776. The molecule has 2 aromatic rings. The van der Waals surface area contributed by atoms with Crippen LogP contribution in [0.2, 0.25) is 10.0 Å². The Hall–Kier alpha value is -1.65. The van der Waals surface area contributed by atoms with Crippen LogP contribution in [-0.2, 0) is 11.2 Å². The Balaban J connectivity index is 2.34. The zero-order chi connectivity index (χ0) is 14.7. The van der Waals surface area contributed by atoms with E-state index in [4.69, 9.17) is 23.2 Å². The third-order valence-corrected chi connectivity index (χ3v) is 3.30. The van der Waals surface area contributed by atoms with Crippen LogP contribution in [0.4, 0.5) is 4.39 Å². The van der Waals surface area contributed by atoms with Crippen molar-refractivity contribution in [3.05, 3.63) is 63.6 Å². The van der Waals surface area contributed by atoms with Gasteiger partial charge in [-0.05, 0) is 30.2 Å². The van der Waals surface area contributed by atoms with Crippen LogP contribution >= 0.6 is 23.2 Å². The highest BCUT2D eigenvalue weighted by Gasteiger charge is 2.24. The average Bonchev–Trinajstić information content (AvgIpc) is 2.36. The number of aliphatic carboxylic acids is 1. The van der Waals surface area contributed by atoms with E-state index in [1.54, 1.807) is 6.07 Å². The lowest BCUT2D eigenvalue weighted by Crippen LogP contribution is -2.16. The van der Waals surface area contributed by atoms with Gasteiger partial charge in [0, 0.05) is 6.20 Å². The van der Waals surface area contributed by atoms with E-state index in [0.29, 0.717) is 10.6 Å². The molecule has 1 atom stereocenters. The monoisotopic (exact) mass is 313 g/mol. The first kappa shape index (κ1) is 14.8. The molecule has 0 amide bonds. The number of aromatic nitrogens is 1. The number of hydrogen-bond donors (Lipinski definition) is 1. The first-order chi connectivity index (χ1) is 9.47. The van der Waals surface area contributed by atoms with E-state index in [1.807, 2.05) is 0 Å². The molecule has 0 bridgehead atoms. The van der Waals surface area contributed by atoms with E-state index in [0.717, 1.165) is 0 Å².